The third-order valence-corrected chi connectivity index (χ3v) is 5.36. The van der Waals surface area contributed by atoms with Gasteiger partial charge >= 0.3 is 5.97 Å². The van der Waals surface area contributed by atoms with Crippen molar-refractivity contribution < 1.29 is 24.2 Å². The molecule has 1 aliphatic rings. The van der Waals surface area contributed by atoms with E-state index in [0.717, 1.165) is 11.8 Å². The molecule has 1 amide bonds. The molecule has 10 heteroatoms. The number of aliphatic carboxylic acids is 1. The highest BCUT2D eigenvalue weighted by molar-refractivity contribution is 8.18. The minimum atomic E-state index is -1.09. The monoisotopic (exact) mass is 452 g/mol. The Balaban J connectivity index is 1.82. The number of carboxylic acid groups (broad SMARTS) is 1. The molecule has 0 saturated carbocycles. The first kappa shape index (κ1) is 21.0. The fourth-order valence-corrected chi connectivity index (χ4v) is 3.53. The van der Waals surface area contributed by atoms with E-state index < -0.39 is 12.6 Å². The molecule has 3 rings (SSSR count). The summed E-state index contributed by atoms with van der Waals surface area (Å²) in [6.45, 7) is -0.485. The SMILES string of the molecule is COc1cc(/C=C2/SC(=Nc3cccc(Cl)c3Cl)NC2=O)ccc1OCC(=O)O. The quantitative estimate of drug-likeness (QED) is 0.631. The van der Waals surface area contributed by atoms with Crippen LogP contribution in [0.15, 0.2) is 46.3 Å². The molecular formula is C19H14Cl2N2O5S. The highest BCUT2D eigenvalue weighted by Gasteiger charge is 2.24. The van der Waals surface area contributed by atoms with Crippen LogP contribution in [0.1, 0.15) is 5.56 Å². The van der Waals surface area contributed by atoms with E-state index in [1.54, 1.807) is 42.5 Å². The number of benzene rings is 2. The summed E-state index contributed by atoms with van der Waals surface area (Å²) < 4.78 is 10.4. The van der Waals surface area contributed by atoms with Crippen LogP contribution in [0, 0.1) is 0 Å². The molecule has 2 N–H and O–H groups in total. The Bertz CT molecular complexity index is 1040. The van der Waals surface area contributed by atoms with Crippen molar-refractivity contribution >= 4 is 63.8 Å². The summed E-state index contributed by atoms with van der Waals surface area (Å²) in [5.41, 5.74) is 1.12. The van der Waals surface area contributed by atoms with Gasteiger partial charge in [-0.2, -0.15) is 0 Å². The van der Waals surface area contributed by atoms with Crippen LogP contribution in [0.3, 0.4) is 0 Å². The topological polar surface area (TPSA) is 97.2 Å². The lowest BCUT2D eigenvalue weighted by Gasteiger charge is -2.09. The van der Waals surface area contributed by atoms with Crippen molar-refractivity contribution in [2.45, 2.75) is 0 Å². The molecule has 2 aromatic carbocycles. The van der Waals surface area contributed by atoms with Gasteiger partial charge in [0.25, 0.3) is 5.91 Å². The van der Waals surface area contributed by atoms with Crippen molar-refractivity contribution in [3.8, 4) is 11.5 Å². The number of carbonyl (C=O) groups is 2. The maximum atomic E-state index is 12.3. The van der Waals surface area contributed by atoms with Gasteiger partial charge in [-0.15, -0.1) is 0 Å². The molecule has 2 aromatic rings. The number of aliphatic imine (C=N–C) groups is 1. The number of ether oxygens (including phenoxy) is 2. The van der Waals surface area contributed by atoms with Gasteiger partial charge in [0.05, 0.1) is 27.7 Å². The van der Waals surface area contributed by atoms with Gasteiger partial charge in [-0.05, 0) is 47.7 Å². The van der Waals surface area contributed by atoms with Crippen LogP contribution in [0.2, 0.25) is 10.0 Å². The number of carboxylic acids is 1. The number of nitrogens with one attached hydrogen (secondary N) is 1. The first-order chi connectivity index (χ1) is 13.9. The predicted octanol–water partition coefficient (Wildman–Crippen LogP) is 4.36. The van der Waals surface area contributed by atoms with Crippen LogP contribution in [-0.4, -0.2) is 35.9 Å². The summed E-state index contributed by atoms with van der Waals surface area (Å²) in [7, 11) is 1.44. The molecular weight excluding hydrogens is 439 g/mol. The zero-order chi connectivity index (χ0) is 21.0. The van der Waals surface area contributed by atoms with E-state index in [1.807, 2.05) is 0 Å². The lowest BCUT2D eigenvalue weighted by Crippen LogP contribution is -2.19. The molecule has 0 unspecified atom stereocenters. The molecule has 0 spiro atoms. The van der Waals surface area contributed by atoms with Gasteiger partial charge in [-0.3, -0.25) is 4.79 Å². The molecule has 1 saturated heterocycles. The molecule has 1 fully saturated rings. The molecule has 7 nitrogen and oxygen atoms in total. The summed E-state index contributed by atoms with van der Waals surface area (Å²) in [4.78, 5) is 27.7. The van der Waals surface area contributed by atoms with Crippen molar-refractivity contribution in [1.82, 2.24) is 5.32 Å². The first-order valence-corrected chi connectivity index (χ1v) is 9.71. The molecule has 0 aromatic heterocycles. The Morgan fingerprint density at radius 2 is 2.07 bits per heavy atom. The van der Waals surface area contributed by atoms with E-state index in [-0.39, 0.29) is 5.91 Å². The van der Waals surface area contributed by atoms with Crippen LogP contribution in [-0.2, 0) is 9.59 Å². The van der Waals surface area contributed by atoms with Gasteiger partial charge < -0.3 is 19.9 Å². The van der Waals surface area contributed by atoms with Crippen LogP contribution < -0.4 is 14.8 Å². The lowest BCUT2D eigenvalue weighted by molar-refractivity contribution is -0.139. The van der Waals surface area contributed by atoms with E-state index in [1.165, 1.54) is 7.11 Å². The number of amides is 1. The standard InChI is InChI=1S/C19H14Cl2N2O5S/c1-27-14-7-10(5-6-13(14)28-9-16(24)25)8-15-18(26)23-19(29-15)22-12-4-2-3-11(20)17(12)21/h2-8H,9H2,1H3,(H,24,25)(H,22,23,26)/b15-8+. The summed E-state index contributed by atoms with van der Waals surface area (Å²) in [6, 6.07) is 9.95. The molecule has 0 atom stereocenters. The Labute approximate surface area is 180 Å². The van der Waals surface area contributed by atoms with Crippen molar-refractivity contribution in [3.63, 3.8) is 0 Å². The zero-order valence-corrected chi connectivity index (χ0v) is 17.3. The number of rotatable bonds is 6. The normalized spacial score (nSPS) is 16.2. The van der Waals surface area contributed by atoms with Crippen LogP contribution in [0.5, 0.6) is 11.5 Å². The van der Waals surface area contributed by atoms with Gasteiger partial charge in [0.15, 0.2) is 23.3 Å². The smallest absolute Gasteiger partial charge is 0.341 e. The zero-order valence-electron chi connectivity index (χ0n) is 14.9. The lowest BCUT2D eigenvalue weighted by atomic mass is 10.2. The number of hydrogen-bond donors (Lipinski definition) is 2. The van der Waals surface area contributed by atoms with Gasteiger partial charge in [-0.25, -0.2) is 9.79 Å². The number of carbonyl (C=O) groups excluding carboxylic acids is 1. The maximum Gasteiger partial charge on any atom is 0.341 e. The number of nitrogens with zero attached hydrogens (tertiary/aromatic N) is 1. The molecule has 0 bridgehead atoms. The second-order valence-corrected chi connectivity index (χ2v) is 7.46. The highest BCUT2D eigenvalue weighted by atomic mass is 35.5. The average molecular weight is 453 g/mol. The number of hydrogen-bond acceptors (Lipinski definition) is 6. The van der Waals surface area contributed by atoms with E-state index in [2.05, 4.69) is 10.3 Å². The number of amidine groups is 1. The molecule has 29 heavy (non-hydrogen) atoms. The summed E-state index contributed by atoms with van der Waals surface area (Å²) in [6.07, 6.45) is 1.66. The summed E-state index contributed by atoms with van der Waals surface area (Å²) in [5, 5.41) is 12.4. The summed E-state index contributed by atoms with van der Waals surface area (Å²) in [5.74, 6) is -0.761. The minimum absolute atomic E-state index is 0.290. The van der Waals surface area contributed by atoms with Crippen molar-refractivity contribution in [1.29, 1.82) is 0 Å². The third kappa shape index (κ3) is 5.23. The van der Waals surface area contributed by atoms with Crippen molar-refractivity contribution in [2.75, 3.05) is 13.7 Å². The molecule has 1 heterocycles. The number of halogens is 2. The molecule has 1 aliphatic heterocycles. The highest BCUT2D eigenvalue weighted by Crippen LogP contribution is 2.35. The van der Waals surface area contributed by atoms with Gasteiger partial charge in [0.2, 0.25) is 0 Å². The van der Waals surface area contributed by atoms with E-state index >= 15 is 0 Å². The number of thioether (sulfide) groups is 1. The fraction of sp³-hybridized carbons (Fsp3) is 0.105. The van der Waals surface area contributed by atoms with Crippen LogP contribution in [0.4, 0.5) is 5.69 Å². The van der Waals surface area contributed by atoms with E-state index in [0.29, 0.717) is 42.9 Å². The Hall–Kier alpha value is -2.68. The van der Waals surface area contributed by atoms with Crippen LogP contribution in [0.25, 0.3) is 6.08 Å². The molecule has 0 aliphatic carbocycles. The Morgan fingerprint density at radius 3 is 2.79 bits per heavy atom. The maximum absolute atomic E-state index is 12.3. The van der Waals surface area contributed by atoms with Crippen molar-refractivity contribution in [2.24, 2.45) is 4.99 Å². The van der Waals surface area contributed by atoms with E-state index in [4.69, 9.17) is 37.8 Å². The summed E-state index contributed by atoms with van der Waals surface area (Å²) >= 11 is 13.3. The average Bonchev–Trinajstić information content (AvgIpc) is 3.03. The Morgan fingerprint density at radius 1 is 1.28 bits per heavy atom. The first-order valence-electron chi connectivity index (χ1n) is 8.13. The van der Waals surface area contributed by atoms with E-state index in [9.17, 15) is 9.59 Å². The number of methoxy groups -OCH3 is 1. The molecule has 150 valence electrons. The third-order valence-electron chi connectivity index (χ3n) is 3.64. The van der Waals surface area contributed by atoms with Gasteiger partial charge in [-0.1, -0.05) is 35.3 Å². The second-order valence-electron chi connectivity index (χ2n) is 5.65. The van der Waals surface area contributed by atoms with Gasteiger partial charge in [0.1, 0.15) is 0 Å². The fourth-order valence-electron chi connectivity index (χ4n) is 2.35. The van der Waals surface area contributed by atoms with Gasteiger partial charge in [0, 0.05) is 0 Å². The largest absolute Gasteiger partial charge is 0.493 e. The predicted molar refractivity (Wildman–Crippen MR) is 113 cm³/mol. The molecule has 0 radical (unpaired) electrons. The Kier molecular flexibility index (Phi) is 6.68. The minimum Gasteiger partial charge on any atom is -0.493 e. The van der Waals surface area contributed by atoms with Crippen LogP contribution >= 0.6 is 35.0 Å². The van der Waals surface area contributed by atoms with Crippen molar-refractivity contribution in [3.05, 3.63) is 56.9 Å². The second kappa shape index (κ2) is 9.21.